The van der Waals surface area contributed by atoms with Gasteiger partial charge in [0.15, 0.2) is 11.6 Å². The molecule has 3 heteroatoms. The number of halogens is 2. The highest BCUT2D eigenvalue weighted by Crippen LogP contribution is 2.23. The fraction of sp³-hybridized carbons (Fsp3) is 0.417. The normalized spacial score (nSPS) is 10.4. The molecule has 1 rings (SSSR count). The minimum atomic E-state index is -0.275. The highest BCUT2D eigenvalue weighted by atomic mass is 127. The molecule has 0 spiro atoms. The molecule has 0 aliphatic rings. The first-order valence-electron chi connectivity index (χ1n) is 5.03. The Morgan fingerprint density at radius 2 is 2.13 bits per heavy atom. The van der Waals surface area contributed by atoms with Gasteiger partial charge in [-0.05, 0) is 53.6 Å². The summed E-state index contributed by atoms with van der Waals surface area (Å²) in [5, 5.41) is 0. The van der Waals surface area contributed by atoms with Crippen LogP contribution in [0.1, 0.15) is 24.8 Å². The molecule has 0 aliphatic heterocycles. The summed E-state index contributed by atoms with van der Waals surface area (Å²) >= 11 is 2.18. The third-order valence-electron chi connectivity index (χ3n) is 2.12. The van der Waals surface area contributed by atoms with Crippen LogP contribution in [-0.2, 0) is 0 Å². The van der Waals surface area contributed by atoms with Gasteiger partial charge in [-0.25, -0.2) is 4.39 Å². The largest absolute Gasteiger partial charge is 0.490 e. The molecule has 0 aromatic heterocycles. The second kappa shape index (κ2) is 6.30. The molecule has 15 heavy (non-hydrogen) atoms. The van der Waals surface area contributed by atoms with Gasteiger partial charge in [0.05, 0.1) is 6.61 Å². The van der Waals surface area contributed by atoms with E-state index in [0.717, 1.165) is 28.4 Å². The fourth-order valence-corrected chi connectivity index (χ4v) is 1.64. The Hall–Kier alpha value is -0.320. The van der Waals surface area contributed by atoms with Gasteiger partial charge in [0, 0.05) is 3.57 Å². The topological polar surface area (TPSA) is 9.23 Å². The first-order valence-corrected chi connectivity index (χ1v) is 6.10. The minimum absolute atomic E-state index is 0.275. The van der Waals surface area contributed by atoms with E-state index in [1.165, 1.54) is 6.07 Å². The van der Waals surface area contributed by atoms with E-state index in [9.17, 15) is 4.39 Å². The molecule has 0 atom stereocenters. The predicted octanol–water partition coefficient (Wildman–Crippen LogP) is 4.12. The number of aryl methyl sites for hydroxylation is 1. The van der Waals surface area contributed by atoms with Crippen molar-refractivity contribution in [1.29, 1.82) is 0 Å². The van der Waals surface area contributed by atoms with Crippen molar-refractivity contribution >= 4 is 22.6 Å². The van der Waals surface area contributed by atoms with Crippen LogP contribution in [0.3, 0.4) is 0 Å². The second-order valence-corrected chi connectivity index (χ2v) is 4.60. The summed E-state index contributed by atoms with van der Waals surface area (Å²) in [5.74, 6) is 0.0802. The lowest BCUT2D eigenvalue weighted by Crippen LogP contribution is -2.00. The van der Waals surface area contributed by atoms with E-state index < -0.39 is 0 Å². The van der Waals surface area contributed by atoms with Crippen molar-refractivity contribution in [2.45, 2.75) is 26.2 Å². The number of benzene rings is 1. The maximum atomic E-state index is 13.4. The van der Waals surface area contributed by atoms with Gasteiger partial charge in [0.25, 0.3) is 0 Å². The Labute approximate surface area is 104 Å². The first kappa shape index (κ1) is 12.7. The van der Waals surface area contributed by atoms with Gasteiger partial charge in [-0.2, -0.15) is 0 Å². The zero-order chi connectivity index (χ0) is 11.3. The molecule has 0 unspecified atom stereocenters. The molecule has 0 bridgehead atoms. The van der Waals surface area contributed by atoms with E-state index in [-0.39, 0.29) is 5.82 Å². The van der Waals surface area contributed by atoms with E-state index >= 15 is 0 Å². The first-order chi connectivity index (χ1) is 7.15. The summed E-state index contributed by atoms with van der Waals surface area (Å²) in [6.45, 7) is 6.19. The van der Waals surface area contributed by atoms with Gasteiger partial charge in [-0.15, -0.1) is 0 Å². The van der Waals surface area contributed by atoms with Gasteiger partial charge in [-0.3, -0.25) is 0 Å². The lowest BCUT2D eigenvalue weighted by atomic mass is 10.2. The SMILES string of the molecule is [CH2]CCCCOc1cc(I)c(C)cc1F. The highest BCUT2D eigenvalue weighted by Gasteiger charge is 2.06. The molecular weight excluding hydrogens is 306 g/mol. The summed E-state index contributed by atoms with van der Waals surface area (Å²) in [6.07, 6.45) is 2.84. The van der Waals surface area contributed by atoms with E-state index in [4.69, 9.17) is 4.74 Å². The Morgan fingerprint density at radius 1 is 1.40 bits per heavy atom. The Bertz CT molecular complexity index is 326. The quantitative estimate of drug-likeness (QED) is 0.585. The summed E-state index contributed by atoms with van der Waals surface area (Å²) in [4.78, 5) is 0. The maximum Gasteiger partial charge on any atom is 0.165 e. The van der Waals surface area contributed by atoms with Crippen molar-refractivity contribution in [1.82, 2.24) is 0 Å². The predicted molar refractivity (Wildman–Crippen MR) is 68.6 cm³/mol. The highest BCUT2D eigenvalue weighted by molar-refractivity contribution is 14.1. The van der Waals surface area contributed by atoms with Gasteiger partial charge in [0.2, 0.25) is 0 Å². The zero-order valence-electron chi connectivity index (χ0n) is 8.85. The number of rotatable bonds is 5. The van der Waals surface area contributed by atoms with Gasteiger partial charge >= 0.3 is 0 Å². The van der Waals surface area contributed by atoms with Gasteiger partial charge in [-0.1, -0.05) is 19.8 Å². The third-order valence-corrected chi connectivity index (χ3v) is 3.28. The van der Waals surface area contributed by atoms with Gasteiger partial charge in [0.1, 0.15) is 0 Å². The molecule has 0 saturated carbocycles. The van der Waals surface area contributed by atoms with Crippen molar-refractivity contribution < 1.29 is 9.13 Å². The van der Waals surface area contributed by atoms with Crippen molar-refractivity contribution in [2.75, 3.05) is 6.61 Å². The van der Waals surface area contributed by atoms with Crippen LogP contribution >= 0.6 is 22.6 Å². The molecule has 83 valence electrons. The number of ether oxygens (including phenoxy) is 1. The van der Waals surface area contributed by atoms with Crippen molar-refractivity contribution in [2.24, 2.45) is 0 Å². The number of unbranched alkanes of at least 4 members (excludes halogenated alkanes) is 2. The maximum absolute atomic E-state index is 13.4. The molecule has 1 aromatic rings. The summed E-state index contributed by atoms with van der Waals surface area (Å²) in [7, 11) is 0. The lowest BCUT2D eigenvalue weighted by Gasteiger charge is -2.08. The van der Waals surface area contributed by atoms with E-state index in [0.29, 0.717) is 12.4 Å². The van der Waals surface area contributed by atoms with Crippen LogP contribution < -0.4 is 4.74 Å². The van der Waals surface area contributed by atoms with Crippen LogP contribution in [0.2, 0.25) is 0 Å². The number of hydrogen-bond donors (Lipinski definition) is 0. The van der Waals surface area contributed by atoms with E-state index in [2.05, 4.69) is 29.5 Å². The standard InChI is InChI=1S/C12H15FIO/c1-3-4-5-6-15-12-8-11(14)9(2)7-10(12)13/h7-8H,1,3-6H2,2H3. The average molecular weight is 321 g/mol. The van der Waals surface area contributed by atoms with Crippen LogP contribution in [0.4, 0.5) is 4.39 Å². The zero-order valence-corrected chi connectivity index (χ0v) is 11.0. The van der Waals surface area contributed by atoms with Crippen LogP contribution in [0.15, 0.2) is 12.1 Å². The summed E-state index contributed by atoms with van der Waals surface area (Å²) < 4.78 is 19.8. The van der Waals surface area contributed by atoms with E-state index in [1.807, 2.05) is 6.92 Å². The van der Waals surface area contributed by atoms with Crippen molar-refractivity contribution in [3.8, 4) is 5.75 Å². The van der Waals surface area contributed by atoms with Crippen molar-refractivity contribution in [3.63, 3.8) is 0 Å². The van der Waals surface area contributed by atoms with Crippen LogP contribution in [0.5, 0.6) is 5.75 Å². The Morgan fingerprint density at radius 3 is 2.80 bits per heavy atom. The monoisotopic (exact) mass is 321 g/mol. The molecule has 0 N–H and O–H groups in total. The molecule has 0 fully saturated rings. The summed E-state index contributed by atoms with van der Waals surface area (Å²) in [6, 6.07) is 3.26. The minimum Gasteiger partial charge on any atom is -0.490 e. The Kier molecular flexibility index (Phi) is 5.36. The lowest BCUT2D eigenvalue weighted by molar-refractivity contribution is 0.292. The van der Waals surface area contributed by atoms with Crippen molar-refractivity contribution in [3.05, 3.63) is 34.0 Å². The summed E-state index contributed by atoms with van der Waals surface area (Å²) in [5.41, 5.74) is 0.943. The molecule has 1 aromatic carbocycles. The fourth-order valence-electron chi connectivity index (χ4n) is 1.20. The van der Waals surface area contributed by atoms with E-state index in [1.54, 1.807) is 6.07 Å². The average Bonchev–Trinajstić information content (AvgIpc) is 2.20. The molecule has 0 saturated heterocycles. The molecular formula is C12H15FIO. The van der Waals surface area contributed by atoms with Gasteiger partial charge < -0.3 is 4.74 Å². The molecule has 0 heterocycles. The molecule has 0 amide bonds. The smallest absolute Gasteiger partial charge is 0.165 e. The third kappa shape index (κ3) is 3.97. The Balaban J connectivity index is 2.57. The second-order valence-electron chi connectivity index (χ2n) is 3.44. The van der Waals surface area contributed by atoms with Crippen LogP contribution in [0.25, 0.3) is 0 Å². The van der Waals surface area contributed by atoms with Crippen LogP contribution in [-0.4, -0.2) is 6.61 Å². The molecule has 1 radical (unpaired) electrons. The van der Waals surface area contributed by atoms with Crippen LogP contribution in [0, 0.1) is 23.2 Å². The number of hydrogen-bond acceptors (Lipinski definition) is 1. The molecule has 0 aliphatic carbocycles. The molecule has 1 nitrogen and oxygen atoms in total.